The molecule has 0 radical (unpaired) electrons. The minimum Gasteiger partial charge on any atom is -0.393 e. The first-order valence-corrected chi connectivity index (χ1v) is 8.97. The zero-order valence-corrected chi connectivity index (χ0v) is 16.1. The van der Waals surface area contributed by atoms with Gasteiger partial charge < -0.3 is 5.11 Å². The number of unbranched alkanes of at least 4 members (excludes halogenated alkanes) is 4. The standard InChI is InChI=1S/C16H19F15O/c1-2-3-4-5-6-7-9(32)8-10(17,18)11(19,20)12(21,22)13(23,24)14(25,26)15(27,28)16(29,30)31/h9,32H,2-8H2,1H3. The number of rotatable bonds is 13. The quantitative estimate of drug-likeness (QED) is 0.201. The van der Waals surface area contributed by atoms with Gasteiger partial charge >= 0.3 is 41.7 Å². The lowest BCUT2D eigenvalue weighted by molar-refractivity contribution is -0.453. The fraction of sp³-hybridized carbons (Fsp3) is 1.00. The molecular formula is C16H19F15O. The van der Waals surface area contributed by atoms with Crippen molar-refractivity contribution in [2.75, 3.05) is 0 Å². The Morgan fingerprint density at radius 3 is 1.31 bits per heavy atom. The summed E-state index contributed by atoms with van der Waals surface area (Å²) in [6, 6.07) is 0. The normalized spacial score (nSPS) is 16.4. The van der Waals surface area contributed by atoms with Crippen LogP contribution in [0, 0.1) is 0 Å². The van der Waals surface area contributed by atoms with E-state index >= 15 is 0 Å². The summed E-state index contributed by atoms with van der Waals surface area (Å²) in [5.74, 6) is -46.6. The van der Waals surface area contributed by atoms with Crippen molar-refractivity contribution in [1.82, 2.24) is 0 Å². The molecule has 0 saturated carbocycles. The van der Waals surface area contributed by atoms with Crippen LogP contribution in [-0.2, 0) is 0 Å². The average Bonchev–Trinajstić information content (AvgIpc) is 2.59. The molecule has 0 aliphatic carbocycles. The first-order valence-electron chi connectivity index (χ1n) is 8.97. The second kappa shape index (κ2) is 9.65. The lowest BCUT2D eigenvalue weighted by Crippen LogP contribution is -2.72. The van der Waals surface area contributed by atoms with Gasteiger partial charge in [-0.2, -0.15) is 65.9 Å². The zero-order valence-electron chi connectivity index (χ0n) is 16.1. The zero-order chi connectivity index (χ0) is 26.0. The third kappa shape index (κ3) is 5.34. The largest absolute Gasteiger partial charge is 0.460 e. The first-order chi connectivity index (χ1) is 14.0. The van der Waals surface area contributed by atoms with Crippen molar-refractivity contribution in [2.45, 2.75) is 99.7 Å². The Balaban J connectivity index is 5.85. The molecule has 32 heavy (non-hydrogen) atoms. The monoisotopic (exact) mass is 512 g/mol. The van der Waals surface area contributed by atoms with Crippen LogP contribution in [0.2, 0.25) is 0 Å². The van der Waals surface area contributed by atoms with E-state index < -0.39 is 60.7 Å². The summed E-state index contributed by atoms with van der Waals surface area (Å²) < 4.78 is 196. The van der Waals surface area contributed by atoms with Gasteiger partial charge in [-0.3, -0.25) is 0 Å². The highest BCUT2D eigenvalue weighted by Crippen LogP contribution is 2.62. The van der Waals surface area contributed by atoms with Crippen LogP contribution >= 0.6 is 0 Å². The van der Waals surface area contributed by atoms with Crippen LogP contribution in [0.25, 0.3) is 0 Å². The molecule has 0 rings (SSSR count). The van der Waals surface area contributed by atoms with E-state index in [0.717, 1.165) is 0 Å². The Labute approximate surface area is 171 Å². The first kappa shape index (κ1) is 30.9. The van der Waals surface area contributed by atoms with Crippen LogP contribution < -0.4 is 0 Å². The molecule has 1 nitrogen and oxygen atoms in total. The van der Waals surface area contributed by atoms with Gasteiger partial charge in [0.15, 0.2) is 0 Å². The van der Waals surface area contributed by atoms with Crippen molar-refractivity contribution in [3.63, 3.8) is 0 Å². The Kier molecular flexibility index (Phi) is 9.32. The van der Waals surface area contributed by atoms with Crippen molar-refractivity contribution in [1.29, 1.82) is 0 Å². The third-order valence-electron chi connectivity index (χ3n) is 4.53. The molecule has 0 saturated heterocycles. The minimum atomic E-state index is -8.29. The fourth-order valence-corrected chi connectivity index (χ4v) is 2.51. The molecule has 0 aromatic carbocycles. The molecule has 16 heteroatoms. The number of hydrogen-bond acceptors (Lipinski definition) is 1. The van der Waals surface area contributed by atoms with E-state index in [1.807, 2.05) is 0 Å². The SMILES string of the molecule is CCCCCCCC(O)CC(F)(F)C(F)(F)C(F)(F)C(F)(F)C(F)(F)C(F)(F)C(F)(F)F. The van der Waals surface area contributed by atoms with Gasteiger partial charge in [-0.15, -0.1) is 0 Å². The van der Waals surface area contributed by atoms with Crippen molar-refractivity contribution < 1.29 is 71.0 Å². The molecule has 0 spiro atoms. The van der Waals surface area contributed by atoms with E-state index in [-0.39, 0.29) is 12.8 Å². The van der Waals surface area contributed by atoms with Crippen LogP contribution in [0.15, 0.2) is 0 Å². The van der Waals surface area contributed by atoms with E-state index in [4.69, 9.17) is 0 Å². The molecule has 1 N–H and O–H groups in total. The molecule has 1 unspecified atom stereocenters. The fourth-order valence-electron chi connectivity index (χ4n) is 2.51. The molecule has 0 fully saturated rings. The molecule has 0 aliphatic rings. The van der Waals surface area contributed by atoms with Crippen LogP contribution in [0.5, 0.6) is 0 Å². The predicted molar refractivity (Wildman–Crippen MR) is 79.7 cm³/mol. The molecule has 0 heterocycles. The van der Waals surface area contributed by atoms with Gasteiger partial charge in [0.05, 0.1) is 6.10 Å². The summed E-state index contributed by atoms with van der Waals surface area (Å²) in [5.41, 5.74) is 0. The number of halogens is 15. The second-order valence-electron chi connectivity index (χ2n) is 7.14. The summed E-state index contributed by atoms with van der Waals surface area (Å²) in [5, 5.41) is 9.31. The number of aliphatic hydroxyl groups is 1. The van der Waals surface area contributed by atoms with Crippen LogP contribution in [-0.4, -0.2) is 52.9 Å². The Morgan fingerprint density at radius 1 is 0.531 bits per heavy atom. The van der Waals surface area contributed by atoms with Gasteiger partial charge in [0.2, 0.25) is 0 Å². The highest BCUT2D eigenvalue weighted by Gasteiger charge is 2.93. The van der Waals surface area contributed by atoms with E-state index in [9.17, 15) is 71.0 Å². The molecule has 0 bridgehead atoms. The number of aliphatic hydroxyl groups excluding tert-OH is 1. The third-order valence-corrected chi connectivity index (χ3v) is 4.53. The maximum atomic E-state index is 13.6. The lowest BCUT2D eigenvalue weighted by Gasteiger charge is -2.41. The van der Waals surface area contributed by atoms with Crippen molar-refractivity contribution in [3.05, 3.63) is 0 Å². The Hall–Kier alpha value is -1.09. The highest BCUT2D eigenvalue weighted by atomic mass is 19.4. The average molecular weight is 512 g/mol. The van der Waals surface area contributed by atoms with Crippen LogP contribution in [0.3, 0.4) is 0 Å². The highest BCUT2D eigenvalue weighted by molar-refractivity contribution is 5.13. The second-order valence-corrected chi connectivity index (χ2v) is 7.14. The van der Waals surface area contributed by atoms with Gasteiger partial charge in [-0.1, -0.05) is 39.0 Å². The molecule has 194 valence electrons. The van der Waals surface area contributed by atoms with E-state index in [1.165, 1.54) is 0 Å². The summed E-state index contributed by atoms with van der Waals surface area (Å²) in [7, 11) is 0. The topological polar surface area (TPSA) is 20.2 Å². The van der Waals surface area contributed by atoms with Gasteiger partial charge in [0, 0.05) is 6.42 Å². The van der Waals surface area contributed by atoms with E-state index in [2.05, 4.69) is 0 Å². The van der Waals surface area contributed by atoms with Crippen LogP contribution in [0.1, 0.15) is 51.9 Å². The molecule has 1 atom stereocenters. The predicted octanol–water partition coefficient (Wildman–Crippen LogP) is 7.47. The summed E-state index contributed by atoms with van der Waals surface area (Å²) in [6.45, 7) is 1.78. The minimum absolute atomic E-state index is 0.106. The molecule has 0 aromatic heterocycles. The number of alkyl halides is 15. The summed E-state index contributed by atoms with van der Waals surface area (Å²) in [6.07, 6.45) is -11.5. The van der Waals surface area contributed by atoms with Crippen molar-refractivity contribution >= 4 is 0 Å². The molecule has 0 aliphatic heterocycles. The van der Waals surface area contributed by atoms with Crippen LogP contribution in [0.4, 0.5) is 65.9 Å². The summed E-state index contributed by atoms with van der Waals surface area (Å²) >= 11 is 0. The van der Waals surface area contributed by atoms with Gasteiger partial charge in [0.25, 0.3) is 0 Å². The van der Waals surface area contributed by atoms with Crippen molar-refractivity contribution in [2.24, 2.45) is 0 Å². The number of hydrogen-bond donors (Lipinski definition) is 1. The van der Waals surface area contributed by atoms with E-state index in [1.54, 1.807) is 6.92 Å². The van der Waals surface area contributed by atoms with E-state index in [0.29, 0.717) is 19.3 Å². The molecular weight excluding hydrogens is 493 g/mol. The molecule has 0 aromatic rings. The summed E-state index contributed by atoms with van der Waals surface area (Å²) in [4.78, 5) is 0. The Bertz CT molecular complexity index is 597. The molecule has 0 amide bonds. The lowest BCUT2D eigenvalue weighted by atomic mass is 9.89. The smallest absolute Gasteiger partial charge is 0.393 e. The van der Waals surface area contributed by atoms with Gasteiger partial charge in [0.1, 0.15) is 0 Å². The maximum absolute atomic E-state index is 13.6. The van der Waals surface area contributed by atoms with Gasteiger partial charge in [-0.25, -0.2) is 0 Å². The van der Waals surface area contributed by atoms with Crippen molar-refractivity contribution in [3.8, 4) is 0 Å². The van der Waals surface area contributed by atoms with Gasteiger partial charge in [-0.05, 0) is 6.42 Å². The maximum Gasteiger partial charge on any atom is 0.460 e. The Morgan fingerprint density at radius 2 is 0.906 bits per heavy atom.